The third kappa shape index (κ3) is 2.39. The maximum Gasteiger partial charge on any atom is 0.124 e. The van der Waals surface area contributed by atoms with Crippen molar-refractivity contribution in [3.05, 3.63) is 54.4 Å². The van der Waals surface area contributed by atoms with Gasteiger partial charge in [0.25, 0.3) is 0 Å². The summed E-state index contributed by atoms with van der Waals surface area (Å²) in [6.07, 6.45) is 1.76. The van der Waals surface area contributed by atoms with Gasteiger partial charge in [-0.2, -0.15) is 0 Å². The molecule has 2 aromatic heterocycles. The molecule has 0 saturated carbocycles. The summed E-state index contributed by atoms with van der Waals surface area (Å²) in [7, 11) is 0. The molecule has 0 amide bonds. The minimum absolute atomic E-state index is 0.700. The molecule has 0 aliphatic rings. The van der Waals surface area contributed by atoms with E-state index in [-0.39, 0.29) is 0 Å². The van der Waals surface area contributed by atoms with Crippen LogP contribution in [0.3, 0.4) is 0 Å². The second-order valence-electron chi connectivity index (χ2n) is 4.28. The van der Waals surface area contributed by atoms with Crippen LogP contribution in [0.1, 0.15) is 5.69 Å². The molecule has 0 fully saturated rings. The number of hydrogen-bond acceptors (Lipinski definition) is 4. The van der Waals surface area contributed by atoms with Crippen molar-refractivity contribution in [1.82, 2.24) is 9.97 Å². The third-order valence-corrected chi connectivity index (χ3v) is 3.91. The van der Waals surface area contributed by atoms with Crippen molar-refractivity contribution in [2.24, 2.45) is 0 Å². The molecule has 0 radical (unpaired) electrons. The minimum Gasteiger partial charge on any atom is -0.397 e. The summed E-state index contributed by atoms with van der Waals surface area (Å²) >= 11 is 1.58. The van der Waals surface area contributed by atoms with Gasteiger partial charge in [-0.3, -0.25) is 4.98 Å². The van der Waals surface area contributed by atoms with Crippen LogP contribution in [0.2, 0.25) is 0 Å². The molecule has 1 aromatic carbocycles. The molecule has 0 aliphatic carbocycles. The van der Waals surface area contributed by atoms with Crippen molar-refractivity contribution in [2.75, 3.05) is 5.73 Å². The number of benzene rings is 1. The van der Waals surface area contributed by atoms with E-state index in [1.54, 1.807) is 18.0 Å². The first-order valence-corrected chi connectivity index (χ1v) is 6.80. The number of anilines is 1. The number of para-hydroxylation sites is 1. The van der Waals surface area contributed by atoms with Gasteiger partial charge in [-0.25, -0.2) is 4.98 Å². The number of nitrogens with two attached hydrogens (primary N) is 1. The van der Waals surface area contributed by atoms with E-state index in [2.05, 4.69) is 22.1 Å². The fourth-order valence-electron chi connectivity index (χ4n) is 1.95. The number of nitrogen functional groups attached to an aromatic ring is 1. The highest BCUT2D eigenvalue weighted by Crippen LogP contribution is 2.34. The Balaban J connectivity index is 2.13. The number of pyridine rings is 2. The van der Waals surface area contributed by atoms with Crippen molar-refractivity contribution in [2.45, 2.75) is 16.8 Å². The average Bonchev–Trinajstić information content (AvgIpc) is 2.41. The molecule has 0 aliphatic heterocycles. The van der Waals surface area contributed by atoms with E-state index in [9.17, 15) is 0 Å². The minimum atomic E-state index is 0.700. The SMILES string of the molecule is Cc1cc(Sc2ncccc2N)c2ccccc2n1. The quantitative estimate of drug-likeness (QED) is 0.769. The van der Waals surface area contributed by atoms with Crippen molar-refractivity contribution in [3.63, 3.8) is 0 Å². The molecule has 94 valence electrons. The van der Waals surface area contributed by atoms with Crippen LogP contribution < -0.4 is 5.73 Å². The molecule has 3 rings (SSSR count). The van der Waals surface area contributed by atoms with Crippen LogP contribution in [0.25, 0.3) is 10.9 Å². The largest absolute Gasteiger partial charge is 0.397 e. The number of aryl methyl sites for hydroxylation is 1. The molecular weight excluding hydrogens is 254 g/mol. The lowest BCUT2D eigenvalue weighted by Gasteiger charge is -2.08. The second kappa shape index (κ2) is 4.90. The van der Waals surface area contributed by atoms with E-state index in [1.165, 1.54) is 0 Å². The summed E-state index contributed by atoms with van der Waals surface area (Å²) in [5.41, 5.74) is 8.65. The number of nitrogens with zero attached hydrogens (tertiary/aromatic N) is 2. The highest BCUT2D eigenvalue weighted by atomic mass is 32.2. The van der Waals surface area contributed by atoms with Gasteiger partial charge in [0.05, 0.1) is 11.2 Å². The zero-order chi connectivity index (χ0) is 13.2. The fraction of sp³-hybridized carbons (Fsp3) is 0.0667. The topological polar surface area (TPSA) is 51.8 Å². The lowest BCUT2D eigenvalue weighted by atomic mass is 10.2. The van der Waals surface area contributed by atoms with Gasteiger partial charge in [-0.1, -0.05) is 30.0 Å². The first-order chi connectivity index (χ1) is 9.24. The maximum atomic E-state index is 5.95. The van der Waals surface area contributed by atoms with Gasteiger partial charge >= 0.3 is 0 Å². The summed E-state index contributed by atoms with van der Waals surface area (Å²) in [5, 5.41) is 1.96. The summed E-state index contributed by atoms with van der Waals surface area (Å²) in [4.78, 5) is 10.00. The highest BCUT2D eigenvalue weighted by molar-refractivity contribution is 7.99. The zero-order valence-electron chi connectivity index (χ0n) is 10.5. The summed E-state index contributed by atoms with van der Waals surface area (Å²) in [6, 6.07) is 13.9. The first kappa shape index (κ1) is 12.0. The molecule has 0 bridgehead atoms. The zero-order valence-corrected chi connectivity index (χ0v) is 11.3. The standard InChI is InChI=1S/C15H13N3S/c1-10-9-14(11-5-2-3-7-13(11)18-10)19-15-12(16)6-4-8-17-15/h2-9H,16H2,1H3. The van der Waals surface area contributed by atoms with Gasteiger partial charge in [-0.15, -0.1) is 0 Å². The molecule has 3 aromatic rings. The van der Waals surface area contributed by atoms with E-state index in [0.29, 0.717) is 5.69 Å². The molecule has 0 saturated heterocycles. The highest BCUT2D eigenvalue weighted by Gasteiger charge is 2.08. The first-order valence-electron chi connectivity index (χ1n) is 5.99. The Bertz CT molecular complexity index is 740. The van der Waals surface area contributed by atoms with E-state index in [0.717, 1.165) is 26.5 Å². The lowest BCUT2D eigenvalue weighted by molar-refractivity contribution is 1.14. The van der Waals surface area contributed by atoms with Crippen LogP contribution in [-0.4, -0.2) is 9.97 Å². The van der Waals surface area contributed by atoms with Crippen molar-refractivity contribution in [3.8, 4) is 0 Å². The number of fused-ring (bicyclic) bond motifs is 1. The Morgan fingerprint density at radius 3 is 2.79 bits per heavy atom. The van der Waals surface area contributed by atoms with E-state index < -0.39 is 0 Å². The maximum absolute atomic E-state index is 5.95. The summed E-state index contributed by atoms with van der Waals surface area (Å²) in [6.45, 7) is 2.00. The van der Waals surface area contributed by atoms with Gasteiger partial charge in [0.15, 0.2) is 0 Å². The molecule has 2 heterocycles. The fourth-order valence-corrected chi connectivity index (χ4v) is 2.97. The number of aromatic nitrogens is 2. The van der Waals surface area contributed by atoms with Crippen LogP contribution in [0, 0.1) is 6.92 Å². The number of hydrogen-bond donors (Lipinski definition) is 1. The molecule has 4 heteroatoms. The summed E-state index contributed by atoms with van der Waals surface area (Å²) in [5.74, 6) is 0. The normalized spacial score (nSPS) is 10.8. The smallest absolute Gasteiger partial charge is 0.124 e. The molecule has 3 nitrogen and oxygen atoms in total. The monoisotopic (exact) mass is 267 g/mol. The molecule has 0 unspecified atom stereocenters. The van der Waals surface area contributed by atoms with E-state index in [4.69, 9.17) is 5.73 Å². The Kier molecular flexibility index (Phi) is 3.09. The Labute approximate surface area is 115 Å². The number of rotatable bonds is 2. The Hall–Kier alpha value is -2.07. The van der Waals surface area contributed by atoms with Crippen LogP contribution in [0.4, 0.5) is 5.69 Å². The van der Waals surface area contributed by atoms with Gasteiger partial charge < -0.3 is 5.73 Å². The average molecular weight is 267 g/mol. The molecule has 2 N–H and O–H groups in total. The van der Waals surface area contributed by atoms with Crippen LogP contribution in [0.5, 0.6) is 0 Å². The lowest BCUT2D eigenvalue weighted by Crippen LogP contribution is -1.92. The van der Waals surface area contributed by atoms with Crippen LogP contribution in [-0.2, 0) is 0 Å². The third-order valence-electron chi connectivity index (χ3n) is 2.81. The molecule has 0 spiro atoms. The molecule has 0 atom stereocenters. The summed E-state index contributed by atoms with van der Waals surface area (Å²) < 4.78 is 0. The predicted molar refractivity (Wildman–Crippen MR) is 79.3 cm³/mol. The van der Waals surface area contributed by atoms with Gasteiger partial charge in [0, 0.05) is 22.2 Å². The van der Waals surface area contributed by atoms with Gasteiger partial charge in [0.1, 0.15) is 5.03 Å². The van der Waals surface area contributed by atoms with Crippen molar-refractivity contribution < 1.29 is 0 Å². The predicted octanol–water partition coefficient (Wildman–Crippen LogP) is 3.67. The van der Waals surface area contributed by atoms with Crippen molar-refractivity contribution >= 4 is 28.4 Å². The Morgan fingerprint density at radius 1 is 1.11 bits per heavy atom. The molecule has 19 heavy (non-hydrogen) atoms. The van der Waals surface area contributed by atoms with E-state index in [1.807, 2.05) is 37.3 Å². The van der Waals surface area contributed by atoms with Gasteiger partial charge in [0.2, 0.25) is 0 Å². The second-order valence-corrected chi connectivity index (χ2v) is 5.31. The van der Waals surface area contributed by atoms with Crippen LogP contribution >= 0.6 is 11.8 Å². The van der Waals surface area contributed by atoms with Crippen LogP contribution in [0.15, 0.2) is 58.6 Å². The van der Waals surface area contributed by atoms with Crippen molar-refractivity contribution in [1.29, 1.82) is 0 Å². The van der Waals surface area contributed by atoms with Gasteiger partial charge in [-0.05, 0) is 31.2 Å². The molecular formula is C15H13N3S. The Morgan fingerprint density at radius 2 is 1.95 bits per heavy atom. The van der Waals surface area contributed by atoms with E-state index >= 15 is 0 Å².